The van der Waals surface area contributed by atoms with Crippen LogP contribution < -0.4 is 16.0 Å². The van der Waals surface area contributed by atoms with Crippen LogP contribution in [0.1, 0.15) is 41.5 Å². The molecule has 0 aliphatic heterocycles. The van der Waals surface area contributed by atoms with Crippen molar-refractivity contribution in [3.8, 4) is 0 Å². The molecule has 1 aromatic heterocycles. The number of anilines is 3. The quantitative estimate of drug-likeness (QED) is 0.130. The average Bonchev–Trinajstić information content (AvgIpc) is 2.65. The minimum absolute atomic E-state index is 0.0147. The summed E-state index contributed by atoms with van der Waals surface area (Å²) in [6.07, 6.45) is -6.07. The maximum atomic E-state index is 10.1. The summed E-state index contributed by atoms with van der Waals surface area (Å²) in [5.41, 5.74) is 5.86. The second-order valence-electron chi connectivity index (χ2n) is 7.81. The van der Waals surface area contributed by atoms with Crippen LogP contribution in [0.2, 0.25) is 0 Å². The second-order valence-corrected chi connectivity index (χ2v) is 7.81. The minimum atomic E-state index is -1.04. The second kappa shape index (κ2) is 13.1. The lowest BCUT2D eigenvalue weighted by atomic mass is 10.4. The number of nitrogens with one attached hydrogen (secondary N) is 1. The van der Waals surface area contributed by atoms with Crippen molar-refractivity contribution in [2.45, 2.75) is 78.9 Å². The molecule has 6 atom stereocenters. The first-order valence-electron chi connectivity index (χ1n) is 10.6. The van der Waals surface area contributed by atoms with Gasteiger partial charge in [0.25, 0.3) is 0 Å². The molecule has 15 heteroatoms. The lowest BCUT2D eigenvalue weighted by molar-refractivity contribution is -0.0992. The Hall–Kier alpha value is -1.95. The van der Waals surface area contributed by atoms with E-state index in [4.69, 9.17) is 5.73 Å². The van der Waals surface area contributed by atoms with Gasteiger partial charge in [-0.3, -0.25) is 0 Å². The van der Waals surface area contributed by atoms with E-state index in [-0.39, 0.29) is 37.9 Å². The van der Waals surface area contributed by atoms with Gasteiger partial charge in [0.05, 0.1) is 20.0 Å². The molecule has 192 valence electrons. The zero-order chi connectivity index (χ0) is 25.5. The monoisotopic (exact) mass is 477 g/mol. The third-order valence-electron chi connectivity index (χ3n) is 4.89. The number of rotatable bonds is 14. The Morgan fingerprint density at radius 3 is 1.42 bits per heavy atom. The fourth-order valence-electron chi connectivity index (χ4n) is 3.00. The Morgan fingerprint density at radius 2 is 1.06 bits per heavy atom. The zero-order valence-electron chi connectivity index (χ0n) is 20.0. The van der Waals surface area contributed by atoms with Crippen LogP contribution >= 0.6 is 0 Å². The van der Waals surface area contributed by atoms with E-state index in [0.29, 0.717) is 0 Å². The van der Waals surface area contributed by atoms with Gasteiger partial charge in [0.15, 0.2) is 0 Å². The first kappa shape index (κ1) is 29.1. The highest BCUT2D eigenvalue weighted by Gasteiger charge is 2.27. The van der Waals surface area contributed by atoms with Crippen molar-refractivity contribution in [3.63, 3.8) is 0 Å². The van der Waals surface area contributed by atoms with Gasteiger partial charge in [-0.15, -0.1) is 0 Å². The molecule has 0 bridgehead atoms. The van der Waals surface area contributed by atoms with E-state index in [0.717, 1.165) is 0 Å². The molecule has 0 amide bonds. The van der Waals surface area contributed by atoms with E-state index < -0.39 is 37.4 Å². The van der Waals surface area contributed by atoms with Crippen LogP contribution in [0.15, 0.2) is 0 Å². The maximum Gasteiger partial charge on any atom is 0.234 e. The van der Waals surface area contributed by atoms with Crippen LogP contribution in [0.3, 0.4) is 0 Å². The predicted octanol–water partition coefficient (Wildman–Crippen LogP) is -2.52. The highest BCUT2D eigenvalue weighted by molar-refractivity contribution is 5.41. The number of nitrogens with two attached hydrogens (primary N) is 1. The number of hydrogen-bond donors (Lipinski definition) is 8. The minimum Gasteiger partial charge on any atom is -0.379 e. The van der Waals surface area contributed by atoms with Gasteiger partial charge in [0.1, 0.15) is 37.4 Å². The molecule has 1 aromatic rings. The van der Waals surface area contributed by atoms with Crippen LogP contribution in [0.5, 0.6) is 0 Å². The fourth-order valence-corrected chi connectivity index (χ4v) is 3.00. The number of aliphatic hydroxyl groups is 6. The van der Waals surface area contributed by atoms with Gasteiger partial charge in [-0.25, -0.2) is 14.7 Å². The largest absolute Gasteiger partial charge is 0.379 e. The summed E-state index contributed by atoms with van der Waals surface area (Å²) in [6.45, 7) is 8.67. The van der Waals surface area contributed by atoms with Crippen LogP contribution in [-0.4, -0.2) is 118 Å². The van der Waals surface area contributed by atoms with E-state index in [1.165, 1.54) is 61.1 Å². The molecule has 0 radical (unpaired) electrons. The Bertz CT molecular complexity index is 662. The molecule has 33 heavy (non-hydrogen) atoms. The van der Waals surface area contributed by atoms with Crippen molar-refractivity contribution < 1.29 is 30.6 Å². The molecule has 0 aliphatic carbocycles. The predicted molar refractivity (Wildman–Crippen MR) is 121 cm³/mol. The summed E-state index contributed by atoms with van der Waals surface area (Å²) in [5, 5.41) is 62.7. The standard InChI is InChI=1S/C18H39N9O6/c1-10(28)25(11(2)29)7-20-17-21-16(19)22-18(23-17)24(8-26(12(3)30)13(4)31)9-27(14(5)32)15(6)33/h10-15,28-33H,7-9H2,1-6H3,(H3,19,20,21,22,23). The summed E-state index contributed by atoms with van der Waals surface area (Å²) in [6, 6.07) is 0. The molecule has 15 nitrogen and oxygen atoms in total. The van der Waals surface area contributed by atoms with Gasteiger partial charge >= 0.3 is 0 Å². The van der Waals surface area contributed by atoms with Crippen molar-refractivity contribution in [3.05, 3.63) is 0 Å². The highest BCUT2D eigenvalue weighted by Crippen LogP contribution is 2.17. The van der Waals surface area contributed by atoms with Crippen molar-refractivity contribution in [1.29, 1.82) is 0 Å². The fraction of sp³-hybridized carbons (Fsp3) is 0.833. The van der Waals surface area contributed by atoms with Crippen LogP contribution in [0.4, 0.5) is 17.8 Å². The van der Waals surface area contributed by atoms with Gasteiger partial charge in [0.2, 0.25) is 17.8 Å². The molecule has 0 saturated carbocycles. The molecule has 0 spiro atoms. The first-order valence-corrected chi connectivity index (χ1v) is 10.6. The Kier molecular flexibility index (Phi) is 11.5. The van der Waals surface area contributed by atoms with Crippen molar-refractivity contribution in [2.24, 2.45) is 0 Å². The molecule has 1 heterocycles. The Labute approximate surface area is 193 Å². The summed E-state index contributed by atoms with van der Waals surface area (Å²) >= 11 is 0. The Morgan fingerprint density at radius 1 is 0.667 bits per heavy atom. The van der Waals surface area contributed by atoms with Crippen LogP contribution in [-0.2, 0) is 0 Å². The normalized spacial score (nSPS) is 17.7. The maximum absolute atomic E-state index is 10.1. The van der Waals surface area contributed by atoms with E-state index in [1.54, 1.807) is 0 Å². The smallest absolute Gasteiger partial charge is 0.234 e. The highest BCUT2D eigenvalue weighted by atomic mass is 16.3. The lowest BCUT2D eigenvalue weighted by Crippen LogP contribution is -2.53. The van der Waals surface area contributed by atoms with Gasteiger partial charge in [-0.1, -0.05) is 0 Å². The molecule has 0 saturated heterocycles. The van der Waals surface area contributed by atoms with Crippen LogP contribution in [0, 0.1) is 0 Å². The third-order valence-corrected chi connectivity index (χ3v) is 4.89. The SMILES string of the molecule is CC(O)N(CNc1nc(N)nc(N(CN(C(C)O)C(C)O)CN(C(C)O)C(C)O)n1)C(C)O. The average molecular weight is 478 g/mol. The summed E-state index contributed by atoms with van der Waals surface area (Å²) in [7, 11) is 0. The van der Waals surface area contributed by atoms with Gasteiger partial charge in [-0.05, 0) is 41.5 Å². The van der Waals surface area contributed by atoms with Crippen molar-refractivity contribution in [2.75, 3.05) is 36.0 Å². The summed E-state index contributed by atoms with van der Waals surface area (Å²) in [5.74, 6) is -0.0761. The van der Waals surface area contributed by atoms with E-state index in [1.807, 2.05) is 0 Å². The number of aromatic nitrogens is 3. The summed E-state index contributed by atoms with van der Waals surface area (Å²) in [4.78, 5) is 17.9. The third kappa shape index (κ3) is 9.07. The Balaban J connectivity index is 3.30. The molecule has 0 aliphatic rings. The van der Waals surface area contributed by atoms with Crippen LogP contribution in [0.25, 0.3) is 0 Å². The topological polar surface area (TPSA) is 211 Å². The number of nitrogens with zero attached hydrogens (tertiary/aromatic N) is 7. The number of hydrogen-bond acceptors (Lipinski definition) is 15. The van der Waals surface area contributed by atoms with Crippen molar-refractivity contribution >= 4 is 17.8 Å². The molecule has 0 fully saturated rings. The molecule has 0 aromatic carbocycles. The van der Waals surface area contributed by atoms with Crippen molar-refractivity contribution in [1.82, 2.24) is 29.7 Å². The number of nitrogen functional groups attached to an aromatic ring is 1. The number of aliphatic hydroxyl groups excluding tert-OH is 6. The van der Waals surface area contributed by atoms with Gasteiger partial charge < -0.3 is 46.6 Å². The zero-order valence-corrected chi connectivity index (χ0v) is 20.0. The molecular formula is C18H39N9O6. The molecule has 1 rings (SSSR count). The summed E-state index contributed by atoms with van der Waals surface area (Å²) < 4.78 is 0. The molecular weight excluding hydrogens is 438 g/mol. The molecule has 9 N–H and O–H groups in total. The van der Waals surface area contributed by atoms with E-state index in [9.17, 15) is 30.6 Å². The van der Waals surface area contributed by atoms with Gasteiger partial charge in [-0.2, -0.15) is 15.0 Å². The first-order chi connectivity index (χ1) is 15.2. The van der Waals surface area contributed by atoms with E-state index in [2.05, 4.69) is 20.3 Å². The van der Waals surface area contributed by atoms with Gasteiger partial charge in [0, 0.05) is 0 Å². The van der Waals surface area contributed by atoms with E-state index >= 15 is 0 Å². The molecule has 6 unspecified atom stereocenters. The lowest BCUT2D eigenvalue weighted by Gasteiger charge is -2.38.